The van der Waals surface area contributed by atoms with E-state index in [9.17, 15) is 14.4 Å². The summed E-state index contributed by atoms with van der Waals surface area (Å²) in [5, 5.41) is 2.79. The normalized spacial score (nSPS) is 21.1. The molecule has 2 aromatic rings. The molecule has 2 aliphatic rings. The molecule has 30 heavy (non-hydrogen) atoms. The van der Waals surface area contributed by atoms with Crippen LogP contribution in [0.1, 0.15) is 48.9 Å². The zero-order valence-corrected chi connectivity index (χ0v) is 17.6. The van der Waals surface area contributed by atoms with Gasteiger partial charge in [0, 0.05) is 13.1 Å². The number of fused-ring (bicyclic) bond motifs is 1. The van der Waals surface area contributed by atoms with Gasteiger partial charge in [-0.3, -0.25) is 14.5 Å². The SMILES string of the molecule is CC(C)c1ccc([C@]2(C)NC(=O)N(CC(=O)N3CCc4ccccc4C3)C2=O)cc1. The predicted molar refractivity (Wildman–Crippen MR) is 114 cm³/mol. The second kappa shape index (κ2) is 7.59. The zero-order chi connectivity index (χ0) is 21.5. The molecule has 6 heteroatoms. The second-order valence-electron chi connectivity index (χ2n) is 8.56. The van der Waals surface area contributed by atoms with Crippen LogP contribution >= 0.6 is 0 Å². The standard InChI is InChI=1S/C24H27N3O3/c1-16(2)17-8-10-20(11-9-17)24(3)22(29)27(23(30)25-24)15-21(28)26-13-12-18-6-4-5-7-19(18)14-26/h4-11,16H,12-15H2,1-3H3,(H,25,30)/t24-/m0/s1. The smallest absolute Gasteiger partial charge is 0.325 e. The van der Waals surface area contributed by atoms with Crippen LogP contribution in [0.5, 0.6) is 0 Å². The van der Waals surface area contributed by atoms with Gasteiger partial charge in [-0.05, 0) is 41.5 Å². The van der Waals surface area contributed by atoms with Gasteiger partial charge in [0.1, 0.15) is 12.1 Å². The Balaban J connectivity index is 1.48. The molecular weight excluding hydrogens is 378 g/mol. The van der Waals surface area contributed by atoms with E-state index in [-0.39, 0.29) is 12.5 Å². The highest BCUT2D eigenvalue weighted by Crippen LogP contribution is 2.30. The molecule has 6 nitrogen and oxygen atoms in total. The van der Waals surface area contributed by atoms with Gasteiger partial charge in [0.2, 0.25) is 5.91 Å². The number of nitrogens with zero attached hydrogens (tertiary/aromatic N) is 2. The molecule has 0 saturated carbocycles. The fourth-order valence-electron chi connectivity index (χ4n) is 4.18. The first-order chi connectivity index (χ1) is 14.3. The van der Waals surface area contributed by atoms with E-state index in [0.29, 0.717) is 24.6 Å². The summed E-state index contributed by atoms with van der Waals surface area (Å²) < 4.78 is 0. The van der Waals surface area contributed by atoms with Gasteiger partial charge in [0.05, 0.1) is 0 Å². The number of rotatable bonds is 4. The first-order valence-corrected chi connectivity index (χ1v) is 10.4. The predicted octanol–water partition coefficient (Wildman–Crippen LogP) is 3.16. The maximum absolute atomic E-state index is 13.1. The third-order valence-electron chi connectivity index (χ3n) is 6.21. The maximum Gasteiger partial charge on any atom is 0.325 e. The quantitative estimate of drug-likeness (QED) is 0.795. The van der Waals surface area contributed by atoms with Crippen LogP contribution < -0.4 is 5.32 Å². The molecule has 2 aromatic carbocycles. The number of imide groups is 1. The lowest BCUT2D eigenvalue weighted by molar-refractivity contribution is -0.139. The monoisotopic (exact) mass is 405 g/mol. The van der Waals surface area contributed by atoms with Crippen molar-refractivity contribution in [1.82, 2.24) is 15.1 Å². The van der Waals surface area contributed by atoms with Gasteiger partial charge in [-0.25, -0.2) is 4.79 Å². The van der Waals surface area contributed by atoms with Gasteiger partial charge in [-0.15, -0.1) is 0 Å². The third-order valence-corrected chi connectivity index (χ3v) is 6.21. The van der Waals surface area contributed by atoms with Crippen LogP contribution in [0.3, 0.4) is 0 Å². The topological polar surface area (TPSA) is 69.7 Å². The van der Waals surface area contributed by atoms with Gasteiger partial charge < -0.3 is 10.2 Å². The third kappa shape index (κ3) is 3.47. The summed E-state index contributed by atoms with van der Waals surface area (Å²) >= 11 is 0. The minimum Gasteiger partial charge on any atom is -0.336 e. The Hall–Kier alpha value is -3.15. The van der Waals surface area contributed by atoms with E-state index >= 15 is 0 Å². The summed E-state index contributed by atoms with van der Waals surface area (Å²) in [5.74, 6) is -0.229. The van der Waals surface area contributed by atoms with Crippen LogP contribution in [0.25, 0.3) is 0 Å². The average molecular weight is 405 g/mol. The van der Waals surface area contributed by atoms with Crippen molar-refractivity contribution in [2.45, 2.75) is 45.2 Å². The summed E-state index contributed by atoms with van der Waals surface area (Å²) in [6, 6.07) is 15.2. The lowest BCUT2D eigenvalue weighted by atomic mass is 9.90. The van der Waals surface area contributed by atoms with Crippen molar-refractivity contribution in [3.05, 3.63) is 70.8 Å². The Morgan fingerprint density at radius 2 is 1.73 bits per heavy atom. The summed E-state index contributed by atoms with van der Waals surface area (Å²) in [6.07, 6.45) is 0.780. The molecule has 1 N–H and O–H groups in total. The minimum atomic E-state index is -1.17. The molecule has 1 fully saturated rings. The summed E-state index contributed by atoms with van der Waals surface area (Å²) in [5.41, 5.74) is 3.07. The van der Waals surface area contributed by atoms with Gasteiger partial charge in [0.25, 0.3) is 5.91 Å². The van der Waals surface area contributed by atoms with Crippen molar-refractivity contribution >= 4 is 17.8 Å². The lowest BCUT2D eigenvalue weighted by Gasteiger charge is -2.30. The Morgan fingerprint density at radius 3 is 2.40 bits per heavy atom. The van der Waals surface area contributed by atoms with Crippen molar-refractivity contribution in [1.29, 1.82) is 0 Å². The van der Waals surface area contributed by atoms with Crippen LogP contribution in [0.2, 0.25) is 0 Å². The minimum absolute atomic E-state index is 0.215. The van der Waals surface area contributed by atoms with Crippen molar-refractivity contribution < 1.29 is 14.4 Å². The van der Waals surface area contributed by atoms with Crippen molar-refractivity contribution in [2.24, 2.45) is 0 Å². The average Bonchev–Trinajstić information content (AvgIpc) is 2.97. The largest absolute Gasteiger partial charge is 0.336 e. The van der Waals surface area contributed by atoms with E-state index < -0.39 is 17.5 Å². The molecule has 156 valence electrons. The number of amides is 4. The molecule has 0 unspecified atom stereocenters. The number of carbonyl (C=O) groups excluding carboxylic acids is 3. The Kier molecular flexibility index (Phi) is 5.10. The van der Waals surface area contributed by atoms with Crippen molar-refractivity contribution in [2.75, 3.05) is 13.1 Å². The molecular formula is C24H27N3O3. The molecule has 4 amide bonds. The van der Waals surface area contributed by atoms with Crippen LogP contribution in [-0.2, 0) is 28.1 Å². The van der Waals surface area contributed by atoms with E-state index in [4.69, 9.17) is 0 Å². The number of hydrogen-bond acceptors (Lipinski definition) is 3. The number of urea groups is 1. The molecule has 0 bridgehead atoms. The summed E-state index contributed by atoms with van der Waals surface area (Å²) in [4.78, 5) is 41.4. The van der Waals surface area contributed by atoms with Gasteiger partial charge in [-0.1, -0.05) is 62.4 Å². The van der Waals surface area contributed by atoms with Crippen molar-refractivity contribution in [3.63, 3.8) is 0 Å². The lowest BCUT2D eigenvalue weighted by Crippen LogP contribution is -2.45. The highest BCUT2D eigenvalue weighted by Gasteiger charge is 2.49. The number of nitrogens with one attached hydrogen (secondary N) is 1. The fourth-order valence-corrected chi connectivity index (χ4v) is 4.18. The van der Waals surface area contributed by atoms with Gasteiger partial charge >= 0.3 is 6.03 Å². The highest BCUT2D eigenvalue weighted by molar-refractivity contribution is 6.09. The van der Waals surface area contributed by atoms with E-state index in [2.05, 4.69) is 25.2 Å². The van der Waals surface area contributed by atoms with E-state index in [1.165, 1.54) is 5.56 Å². The number of carbonyl (C=O) groups is 3. The molecule has 0 spiro atoms. The van der Waals surface area contributed by atoms with Crippen LogP contribution in [0.4, 0.5) is 4.79 Å². The van der Waals surface area contributed by atoms with Crippen LogP contribution in [0.15, 0.2) is 48.5 Å². The molecule has 4 rings (SSSR count). The molecule has 0 aliphatic carbocycles. The van der Waals surface area contributed by atoms with Crippen molar-refractivity contribution in [3.8, 4) is 0 Å². The Labute approximate surface area is 176 Å². The Morgan fingerprint density at radius 1 is 1.07 bits per heavy atom. The molecule has 1 saturated heterocycles. The fraction of sp³-hybridized carbons (Fsp3) is 0.375. The highest BCUT2D eigenvalue weighted by atomic mass is 16.2. The van der Waals surface area contributed by atoms with Crippen LogP contribution in [0, 0.1) is 0 Å². The first-order valence-electron chi connectivity index (χ1n) is 10.4. The maximum atomic E-state index is 13.1. The molecule has 0 aromatic heterocycles. The Bertz CT molecular complexity index is 999. The summed E-state index contributed by atoms with van der Waals surface area (Å²) in [7, 11) is 0. The summed E-state index contributed by atoms with van der Waals surface area (Å²) in [6.45, 7) is 6.75. The molecule has 1 atom stereocenters. The molecule has 0 radical (unpaired) electrons. The molecule has 2 aliphatic heterocycles. The van der Waals surface area contributed by atoms with E-state index in [1.807, 2.05) is 42.5 Å². The molecule has 2 heterocycles. The van der Waals surface area contributed by atoms with E-state index in [0.717, 1.165) is 22.4 Å². The van der Waals surface area contributed by atoms with Gasteiger partial charge in [0.15, 0.2) is 0 Å². The first kappa shape index (κ1) is 20.1. The number of benzene rings is 2. The van der Waals surface area contributed by atoms with E-state index in [1.54, 1.807) is 11.8 Å². The second-order valence-corrected chi connectivity index (χ2v) is 8.56. The van der Waals surface area contributed by atoms with Gasteiger partial charge in [-0.2, -0.15) is 0 Å². The van der Waals surface area contributed by atoms with Crippen LogP contribution in [-0.4, -0.2) is 40.7 Å². The zero-order valence-electron chi connectivity index (χ0n) is 17.6. The number of hydrogen-bond donors (Lipinski definition) is 1.